The predicted molar refractivity (Wildman–Crippen MR) is 82.5 cm³/mol. The van der Waals surface area contributed by atoms with E-state index in [1.807, 2.05) is 12.3 Å². The Kier molecular flexibility index (Phi) is 4.98. The number of aromatic hydroxyl groups is 1. The van der Waals surface area contributed by atoms with Crippen molar-refractivity contribution in [1.82, 2.24) is 10.3 Å². The van der Waals surface area contributed by atoms with Gasteiger partial charge in [0.15, 0.2) is 11.5 Å². The molecule has 1 aromatic heterocycles. The summed E-state index contributed by atoms with van der Waals surface area (Å²) in [6, 6.07) is 5.65. The van der Waals surface area contributed by atoms with E-state index in [1.54, 1.807) is 23.5 Å². The average Bonchev–Trinajstić information content (AvgIpc) is 2.94. The van der Waals surface area contributed by atoms with E-state index in [0.29, 0.717) is 11.8 Å². The third-order valence-corrected chi connectivity index (χ3v) is 4.31. The molecule has 0 aliphatic rings. The third-order valence-electron chi connectivity index (χ3n) is 3.08. The standard InChI is InChI=1S/C15H20N2O2S/c1-4-7-16-10(2)14-9-17-15(20-14)11-5-6-13(19-3)12(18)8-11/h5-6,8-10,16,18H,4,7H2,1-3H3. The van der Waals surface area contributed by atoms with Crippen LogP contribution in [0.25, 0.3) is 10.6 Å². The van der Waals surface area contributed by atoms with Crippen LogP contribution in [0.5, 0.6) is 11.5 Å². The minimum Gasteiger partial charge on any atom is -0.504 e. The SMILES string of the molecule is CCCNC(C)c1cnc(-c2ccc(OC)c(O)c2)s1. The van der Waals surface area contributed by atoms with Gasteiger partial charge in [-0.15, -0.1) is 11.3 Å². The number of hydrogen-bond acceptors (Lipinski definition) is 5. The Labute approximate surface area is 123 Å². The number of thiazole rings is 1. The normalized spacial score (nSPS) is 12.3. The summed E-state index contributed by atoms with van der Waals surface area (Å²) >= 11 is 1.64. The molecule has 1 aromatic carbocycles. The molecule has 0 bridgehead atoms. The van der Waals surface area contributed by atoms with E-state index < -0.39 is 0 Å². The van der Waals surface area contributed by atoms with Gasteiger partial charge in [-0.2, -0.15) is 0 Å². The van der Waals surface area contributed by atoms with Crippen molar-refractivity contribution in [2.45, 2.75) is 26.3 Å². The fourth-order valence-corrected chi connectivity index (χ4v) is 2.84. The Bertz CT molecular complexity index is 569. The highest BCUT2D eigenvalue weighted by Gasteiger charge is 2.12. The number of methoxy groups -OCH3 is 1. The van der Waals surface area contributed by atoms with Crippen LogP contribution in [-0.4, -0.2) is 23.7 Å². The van der Waals surface area contributed by atoms with Gasteiger partial charge in [-0.05, 0) is 38.1 Å². The van der Waals surface area contributed by atoms with Crippen LogP contribution >= 0.6 is 11.3 Å². The minimum atomic E-state index is 0.138. The Balaban J connectivity index is 2.18. The summed E-state index contributed by atoms with van der Waals surface area (Å²) in [5.41, 5.74) is 0.905. The average molecular weight is 292 g/mol. The van der Waals surface area contributed by atoms with Gasteiger partial charge in [0, 0.05) is 22.7 Å². The fourth-order valence-electron chi connectivity index (χ4n) is 1.90. The summed E-state index contributed by atoms with van der Waals surface area (Å²) in [6.45, 7) is 5.29. The second-order valence-corrected chi connectivity index (χ2v) is 5.69. The van der Waals surface area contributed by atoms with Crippen LogP contribution in [0, 0.1) is 0 Å². The molecule has 0 aliphatic heterocycles. The fraction of sp³-hybridized carbons (Fsp3) is 0.400. The van der Waals surface area contributed by atoms with E-state index in [1.165, 1.54) is 12.0 Å². The molecule has 0 saturated carbocycles. The predicted octanol–water partition coefficient (Wildman–Crippen LogP) is 3.58. The van der Waals surface area contributed by atoms with Gasteiger partial charge in [0.05, 0.1) is 7.11 Å². The van der Waals surface area contributed by atoms with Gasteiger partial charge in [0.2, 0.25) is 0 Å². The first kappa shape index (κ1) is 14.8. The molecule has 5 heteroatoms. The summed E-state index contributed by atoms with van der Waals surface area (Å²) in [5.74, 6) is 0.613. The van der Waals surface area contributed by atoms with Crippen molar-refractivity contribution in [1.29, 1.82) is 0 Å². The maximum absolute atomic E-state index is 9.82. The van der Waals surface area contributed by atoms with Crippen LogP contribution in [0.1, 0.15) is 31.2 Å². The van der Waals surface area contributed by atoms with Crippen LogP contribution in [0.4, 0.5) is 0 Å². The molecular weight excluding hydrogens is 272 g/mol. The monoisotopic (exact) mass is 292 g/mol. The van der Waals surface area contributed by atoms with E-state index in [0.717, 1.165) is 23.5 Å². The van der Waals surface area contributed by atoms with E-state index >= 15 is 0 Å². The number of hydrogen-bond donors (Lipinski definition) is 2. The second kappa shape index (κ2) is 6.72. The van der Waals surface area contributed by atoms with Crippen LogP contribution in [-0.2, 0) is 0 Å². The number of aromatic nitrogens is 1. The first-order valence-corrected chi connectivity index (χ1v) is 7.53. The lowest BCUT2D eigenvalue weighted by molar-refractivity contribution is 0.373. The molecule has 0 radical (unpaired) electrons. The summed E-state index contributed by atoms with van der Waals surface area (Å²) in [6.07, 6.45) is 3.01. The van der Waals surface area contributed by atoms with Crippen LogP contribution < -0.4 is 10.1 Å². The molecule has 1 heterocycles. The zero-order valence-corrected chi connectivity index (χ0v) is 12.8. The van der Waals surface area contributed by atoms with Crippen LogP contribution in [0.2, 0.25) is 0 Å². The molecule has 0 aliphatic carbocycles. The Morgan fingerprint density at radius 1 is 1.45 bits per heavy atom. The molecule has 2 aromatic rings. The number of phenols is 1. The molecule has 0 saturated heterocycles. The van der Waals surface area contributed by atoms with Crippen LogP contribution in [0.3, 0.4) is 0 Å². The van der Waals surface area contributed by atoms with Crippen molar-refractivity contribution in [2.24, 2.45) is 0 Å². The second-order valence-electron chi connectivity index (χ2n) is 4.63. The highest BCUT2D eigenvalue weighted by molar-refractivity contribution is 7.15. The van der Waals surface area contributed by atoms with Gasteiger partial charge >= 0.3 is 0 Å². The molecule has 2 rings (SSSR count). The number of phenolic OH excluding ortho intramolecular Hbond substituents is 1. The van der Waals surface area contributed by atoms with Crippen molar-refractivity contribution in [3.8, 4) is 22.1 Å². The van der Waals surface area contributed by atoms with E-state index in [-0.39, 0.29) is 5.75 Å². The lowest BCUT2D eigenvalue weighted by Gasteiger charge is -2.09. The van der Waals surface area contributed by atoms with Crippen molar-refractivity contribution in [3.05, 3.63) is 29.3 Å². The van der Waals surface area contributed by atoms with Gasteiger partial charge in [-0.1, -0.05) is 6.92 Å². The maximum atomic E-state index is 9.82. The topological polar surface area (TPSA) is 54.4 Å². The molecule has 20 heavy (non-hydrogen) atoms. The zero-order valence-electron chi connectivity index (χ0n) is 12.0. The quantitative estimate of drug-likeness (QED) is 0.854. The summed E-state index contributed by atoms with van der Waals surface area (Å²) in [4.78, 5) is 5.64. The van der Waals surface area contributed by atoms with E-state index in [4.69, 9.17) is 4.74 Å². The van der Waals surface area contributed by atoms with Crippen molar-refractivity contribution in [2.75, 3.05) is 13.7 Å². The largest absolute Gasteiger partial charge is 0.504 e. The molecule has 1 atom stereocenters. The maximum Gasteiger partial charge on any atom is 0.160 e. The molecule has 108 valence electrons. The van der Waals surface area contributed by atoms with Gasteiger partial charge in [-0.3, -0.25) is 0 Å². The molecule has 4 nitrogen and oxygen atoms in total. The summed E-state index contributed by atoms with van der Waals surface area (Å²) in [7, 11) is 1.54. The number of nitrogens with zero attached hydrogens (tertiary/aromatic N) is 1. The lowest BCUT2D eigenvalue weighted by atomic mass is 10.2. The van der Waals surface area contributed by atoms with Gasteiger partial charge in [0.25, 0.3) is 0 Å². The molecule has 1 unspecified atom stereocenters. The molecular formula is C15H20N2O2S. The first-order valence-electron chi connectivity index (χ1n) is 6.72. The smallest absolute Gasteiger partial charge is 0.160 e. The van der Waals surface area contributed by atoms with Gasteiger partial charge < -0.3 is 15.2 Å². The summed E-state index contributed by atoms with van der Waals surface area (Å²) < 4.78 is 5.05. The van der Waals surface area contributed by atoms with Gasteiger partial charge in [-0.25, -0.2) is 4.98 Å². The van der Waals surface area contributed by atoms with Gasteiger partial charge in [0.1, 0.15) is 5.01 Å². The number of ether oxygens (including phenoxy) is 1. The third kappa shape index (κ3) is 3.29. The number of rotatable bonds is 6. The van der Waals surface area contributed by atoms with Crippen LogP contribution in [0.15, 0.2) is 24.4 Å². The highest BCUT2D eigenvalue weighted by Crippen LogP contribution is 2.34. The van der Waals surface area contributed by atoms with Crippen molar-refractivity contribution < 1.29 is 9.84 Å². The lowest BCUT2D eigenvalue weighted by Crippen LogP contribution is -2.18. The van der Waals surface area contributed by atoms with Crippen molar-refractivity contribution >= 4 is 11.3 Å². The number of benzene rings is 1. The van der Waals surface area contributed by atoms with Crippen molar-refractivity contribution in [3.63, 3.8) is 0 Å². The molecule has 0 amide bonds. The molecule has 0 spiro atoms. The summed E-state index contributed by atoms with van der Waals surface area (Å²) in [5, 5.41) is 14.2. The molecule has 0 fully saturated rings. The zero-order chi connectivity index (χ0) is 14.5. The Hall–Kier alpha value is -1.59. The highest BCUT2D eigenvalue weighted by atomic mass is 32.1. The Morgan fingerprint density at radius 3 is 2.90 bits per heavy atom. The Morgan fingerprint density at radius 2 is 2.25 bits per heavy atom. The minimum absolute atomic E-state index is 0.138. The molecule has 2 N–H and O–H groups in total. The number of nitrogens with one attached hydrogen (secondary N) is 1. The van der Waals surface area contributed by atoms with E-state index in [9.17, 15) is 5.11 Å². The first-order chi connectivity index (χ1) is 9.65. The van der Waals surface area contributed by atoms with E-state index in [2.05, 4.69) is 24.1 Å².